The van der Waals surface area contributed by atoms with Crippen LogP contribution >= 0.6 is 23.5 Å². The number of hydrogen-bond donors (Lipinski definition) is 8. The van der Waals surface area contributed by atoms with Gasteiger partial charge in [-0.05, 0) is 86.0 Å². The third-order valence-electron chi connectivity index (χ3n) is 8.91. The van der Waals surface area contributed by atoms with Crippen molar-refractivity contribution in [2.24, 2.45) is 20.5 Å². The molecule has 9 N–H and O–H groups in total. The fraction of sp³-hybridized carbons (Fsp3) is 0.286. The van der Waals surface area contributed by atoms with Crippen LogP contribution in [-0.4, -0.2) is 93.8 Å². The number of carbonyl (C=O) groups excluding carboxylic acids is 1. The van der Waals surface area contributed by atoms with Crippen LogP contribution in [0.15, 0.2) is 108 Å². The summed E-state index contributed by atoms with van der Waals surface area (Å²) in [5.41, 5.74) is 6.26. The predicted octanol–water partition coefficient (Wildman–Crippen LogP) is 4.55. The van der Waals surface area contributed by atoms with Gasteiger partial charge in [-0.3, -0.25) is 23.0 Å². The number of phosphoric ester groups is 1. The van der Waals surface area contributed by atoms with Crippen molar-refractivity contribution in [3.63, 3.8) is 0 Å². The molecule has 0 bridgehead atoms. The third-order valence-corrected chi connectivity index (χ3v) is 14.5. The van der Waals surface area contributed by atoms with Crippen molar-refractivity contribution in [3.8, 4) is 11.8 Å². The van der Waals surface area contributed by atoms with Gasteiger partial charge < -0.3 is 40.3 Å². The van der Waals surface area contributed by atoms with Crippen LogP contribution in [0.5, 0.6) is 0 Å². The summed E-state index contributed by atoms with van der Waals surface area (Å²) in [6.07, 6.45) is 0.216. The number of rotatable bonds is 20. The van der Waals surface area contributed by atoms with Gasteiger partial charge in [-0.15, -0.1) is 5.11 Å². The molecule has 0 saturated carbocycles. The highest BCUT2D eigenvalue weighted by Crippen LogP contribution is 2.66. The Labute approximate surface area is 385 Å². The highest BCUT2D eigenvalue weighted by molar-refractivity contribution is 7.86. The first kappa shape index (κ1) is 53.5. The van der Waals surface area contributed by atoms with E-state index in [4.69, 9.17) is 24.8 Å². The molecular weight excluding hydrogens is 1010 g/mol. The molecule has 33 heteroatoms. The number of phosphoric acid groups is 3. The molecule has 4 atom stereocenters. The van der Waals surface area contributed by atoms with Crippen LogP contribution < -0.4 is 21.6 Å². The first-order valence-electron chi connectivity index (χ1n) is 19.1. The van der Waals surface area contributed by atoms with Gasteiger partial charge in [-0.2, -0.15) is 45.8 Å². The van der Waals surface area contributed by atoms with Crippen LogP contribution in [0.3, 0.4) is 0 Å². The number of hydrogen-bond acceptors (Lipinski definition) is 20. The lowest BCUT2D eigenvalue weighted by molar-refractivity contribution is -0.120. The summed E-state index contributed by atoms with van der Waals surface area (Å²) >= 11 is 0. The molecule has 5 rings (SSSR count). The minimum absolute atomic E-state index is 0.0126. The largest absolute Gasteiger partial charge is 0.490 e. The average Bonchev–Trinajstić information content (AvgIpc) is 3.71. The maximum Gasteiger partial charge on any atom is 0.490 e. The lowest BCUT2D eigenvalue weighted by Crippen LogP contribution is -2.29. The Morgan fingerprint density at radius 2 is 1.51 bits per heavy atom. The lowest BCUT2D eigenvalue weighted by atomic mass is 10.2. The quantitative estimate of drug-likeness (QED) is 0.0260. The van der Waals surface area contributed by atoms with Crippen LogP contribution in [0.25, 0.3) is 0 Å². The Morgan fingerprint density at radius 1 is 0.897 bits per heavy atom. The van der Waals surface area contributed by atoms with Crippen LogP contribution in [0, 0.1) is 11.8 Å². The summed E-state index contributed by atoms with van der Waals surface area (Å²) in [5, 5.41) is 18.5. The van der Waals surface area contributed by atoms with Crippen molar-refractivity contribution in [1.29, 1.82) is 0 Å². The van der Waals surface area contributed by atoms with E-state index in [1.54, 1.807) is 31.3 Å². The van der Waals surface area contributed by atoms with Gasteiger partial charge in [-0.25, -0.2) is 18.5 Å². The molecule has 2 unspecified atom stereocenters. The highest BCUT2D eigenvalue weighted by Gasteiger charge is 2.41. The molecule has 3 aromatic carbocycles. The monoisotopic (exact) mass is 1050 g/mol. The van der Waals surface area contributed by atoms with Gasteiger partial charge in [0.25, 0.3) is 20.2 Å². The highest BCUT2D eigenvalue weighted by atomic mass is 32.2. The van der Waals surface area contributed by atoms with E-state index in [-0.39, 0.29) is 65.1 Å². The Hall–Kier alpha value is -5.44. The van der Waals surface area contributed by atoms with Crippen LogP contribution in [0.2, 0.25) is 0 Å². The summed E-state index contributed by atoms with van der Waals surface area (Å²) in [6.45, 7) is -0.341. The number of nitrogens with two attached hydrogens (primary N) is 1. The first-order valence-corrected chi connectivity index (χ1v) is 26.5. The molecule has 366 valence electrons. The number of nitrogen functional groups attached to an aromatic ring is 1. The molecule has 4 aromatic rings. The topological polar surface area (TPSA) is 420 Å². The van der Waals surface area contributed by atoms with Gasteiger partial charge in [0.15, 0.2) is 0 Å². The number of nitrogens with one attached hydrogen (secondary N) is 1. The van der Waals surface area contributed by atoms with E-state index in [0.29, 0.717) is 18.7 Å². The van der Waals surface area contributed by atoms with Crippen LogP contribution in [-0.2, 0) is 56.6 Å². The Balaban J connectivity index is 1.07. The summed E-state index contributed by atoms with van der Waals surface area (Å²) in [7, 11) is -24.1. The van der Waals surface area contributed by atoms with Crippen molar-refractivity contribution in [2.45, 2.75) is 47.8 Å². The van der Waals surface area contributed by atoms with Crippen LogP contribution in [0.4, 0.5) is 34.3 Å². The van der Waals surface area contributed by atoms with E-state index in [1.807, 2.05) is 4.90 Å². The van der Waals surface area contributed by atoms with Crippen molar-refractivity contribution >= 4 is 83.9 Å². The SMILES string of the molecule is CN(CCCC(=O)NCC#Cc1cn([C@H]2CC[C@@H](COP(=O)(O)OP(=O)(O)OP(=O)(O)O)O2)c(=O)nc1N)c1ccc(N=Nc2ccc(N=Nc3ccc(S(=O)(=O)O)cc3)cc2S(=O)(=O)O)cc1. The molecule has 1 saturated heterocycles. The van der Waals surface area contributed by atoms with Crippen molar-refractivity contribution in [3.05, 3.63) is 89.0 Å². The molecule has 1 aromatic heterocycles. The van der Waals surface area contributed by atoms with E-state index < -0.39 is 73.2 Å². The van der Waals surface area contributed by atoms with Gasteiger partial charge in [0.05, 0.1) is 46.8 Å². The maximum absolute atomic E-state index is 12.6. The second-order valence-corrected chi connectivity index (χ2v) is 21.3. The Morgan fingerprint density at radius 3 is 2.15 bits per heavy atom. The molecule has 28 nitrogen and oxygen atoms in total. The number of amides is 1. The van der Waals surface area contributed by atoms with Crippen molar-refractivity contribution in [2.75, 3.05) is 37.4 Å². The zero-order valence-corrected chi connectivity index (χ0v) is 39.2. The van der Waals surface area contributed by atoms with Gasteiger partial charge in [-0.1, -0.05) is 11.8 Å². The van der Waals surface area contributed by atoms with E-state index in [0.717, 1.165) is 28.5 Å². The summed E-state index contributed by atoms with van der Waals surface area (Å²) in [5.74, 6) is 4.91. The number of carbonyl (C=O) groups is 1. The molecule has 1 fully saturated rings. The van der Waals surface area contributed by atoms with Crippen molar-refractivity contribution in [1.82, 2.24) is 14.9 Å². The first-order chi connectivity index (χ1) is 31.7. The standard InChI is InChI=1S/C35H40N9O19P3S2/c1-43(27-11-6-24(7-12-27)40-42-30-16-10-26(20-31(30)68(57,58)59)41-39-25-8-14-29(15-9-25)67(54,55)56)19-3-5-32(45)37-18-2-4-23-21-44(35(46)38-34(23)36)33-17-13-28(61-33)22-60-65(50,51)63-66(52,53)62-64(47,48)49/h6-12,14-16,20-21,28,33H,3,5,13,17-19,22H2,1H3,(H,37,45)(H,50,51)(H,52,53)(H2,36,38,46)(H2,47,48,49)(H,54,55,56)(H,57,58,59)/t28-,33+/m0/s1. The minimum atomic E-state index is -5.71. The minimum Gasteiger partial charge on any atom is -0.382 e. The summed E-state index contributed by atoms with van der Waals surface area (Å²) < 4.78 is 119. The number of azo groups is 2. The number of ether oxygens (including phenoxy) is 1. The average molecular weight is 1050 g/mol. The van der Waals surface area contributed by atoms with Crippen LogP contribution in [0.1, 0.15) is 37.5 Å². The predicted molar refractivity (Wildman–Crippen MR) is 236 cm³/mol. The van der Waals surface area contributed by atoms with Gasteiger partial charge in [0.2, 0.25) is 5.91 Å². The molecule has 1 aliphatic heterocycles. The molecule has 0 spiro atoms. The summed E-state index contributed by atoms with van der Waals surface area (Å²) in [6, 6.07) is 15.0. The van der Waals surface area contributed by atoms with E-state index in [1.165, 1.54) is 30.5 Å². The third kappa shape index (κ3) is 16.7. The van der Waals surface area contributed by atoms with Gasteiger partial charge in [0.1, 0.15) is 22.6 Å². The summed E-state index contributed by atoms with van der Waals surface area (Å²) in [4.78, 5) is 66.0. The maximum atomic E-state index is 12.6. The Kier molecular flexibility index (Phi) is 17.6. The lowest BCUT2D eigenvalue weighted by Gasteiger charge is -2.19. The smallest absolute Gasteiger partial charge is 0.382 e. The number of nitrogens with zero attached hydrogens (tertiary/aromatic N) is 7. The molecular formula is C35H40N9O19P3S2. The normalized spacial score (nSPS) is 17.3. The second kappa shape index (κ2) is 22.3. The number of anilines is 2. The molecule has 2 heterocycles. The number of benzene rings is 3. The molecule has 0 radical (unpaired) electrons. The number of aromatic nitrogens is 2. The molecule has 1 aliphatic rings. The zero-order valence-electron chi connectivity index (χ0n) is 34.9. The van der Waals surface area contributed by atoms with Crippen molar-refractivity contribution < 1.29 is 81.9 Å². The fourth-order valence-corrected chi connectivity index (χ4v) is 9.97. The van der Waals surface area contributed by atoms with E-state index in [2.05, 4.69) is 55.7 Å². The second-order valence-electron chi connectivity index (χ2n) is 14.0. The molecule has 0 aliphatic carbocycles. The Bertz CT molecular complexity index is 3070. The molecule has 1 amide bonds. The van der Waals surface area contributed by atoms with Gasteiger partial charge in [0, 0.05) is 31.9 Å². The van der Waals surface area contributed by atoms with E-state index >= 15 is 0 Å². The van der Waals surface area contributed by atoms with E-state index in [9.17, 15) is 54.5 Å². The molecule has 68 heavy (non-hydrogen) atoms. The fourth-order valence-electron chi connectivity index (χ4n) is 5.79. The van der Waals surface area contributed by atoms with Gasteiger partial charge >= 0.3 is 29.2 Å². The zero-order chi connectivity index (χ0) is 50.1.